The van der Waals surface area contributed by atoms with Gasteiger partial charge in [0.2, 0.25) is 11.8 Å². The predicted molar refractivity (Wildman–Crippen MR) is 96.0 cm³/mol. The molecular weight excluding hydrogens is 338 g/mol. The first-order valence-electron chi connectivity index (χ1n) is 9.06. The Balaban J connectivity index is 2.25. The zero-order chi connectivity index (χ0) is 19.4. The number of carbonyl (C=O) groups is 3. The average molecular weight is 367 g/mol. The van der Waals surface area contributed by atoms with E-state index in [1.165, 1.54) is 6.92 Å². The van der Waals surface area contributed by atoms with Crippen molar-refractivity contribution in [2.75, 3.05) is 13.1 Å². The molecule has 1 saturated heterocycles. The van der Waals surface area contributed by atoms with Gasteiger partial charge in [0.1, 0.15) is 6.04 Å². The topological polar surface area (TPSA) is 151 Å². The van der Waals surface area contributed by atoms with E-state index in [0.29, 0.717) is 19.0 Å². The Labute approximate surface area is 153 Å². The van der Waals surface area contributed by atoms with E-state index in [0.717, 1.165) is 12.8 Å². The Morgan fingerprint density at radius 1 is 1.19 bits per heavy atom. The van der Waals surface area contributed by atoms with Crippen LogP contribution in [0.3, 0.4) is 0 Å². The number of carboxylic acids is 1. The van der Waals surface area contributed by atoms with Crippen LogP contribution >= 0.6 is 0 Å². The number of aliphatic imine (C=N–C) groups is 1. The summed E-state index contributed by atoms with van der Waals surface area (Å²) in [7, 11) is 0. The molecule has 0 radical (unpaired) electrons. The molecule has 0 aromatic rings. The van der Waals surface area contributed by atoms with Gasteiger partial charge in [0.15, 0.2) is 5.96 Å². The molecule has 2 rings (SSSR count). The van der Waals surface area contributed by atoms with Crippen LogP contribution in [0.4, 0.5) is 0 Å². The van der Waals surface area contributed by atoms with Crippen LogP contribution in [0, 0.1) is 17.8 Å². The molecule has 0 aromatic heterocycles. The summed E-state index contributed by atoms with van der Waals surface area (Å²) in [5, 5.41) is 12.1. The van der Waals surface area contributed by atoms with Crippen molar-refractivity contribution in [1.82, 2.24) is 10.2 Å². The summed E-state index contributed by atoms with van der Waals surface area (Å²) in [5.74, 6) is -2.13. The summed E-state index contributed by atoms with van der Waals surface area (Å²) in [6.07, 6.45) is 2.33. The standard InChI is InChI=1S/C17H29N5O4/c1-9-3-5-22(6-4-9)15(24)14(20-10(2)23)12-7-11(16(25)26)8-13(12)21-17(18)19/h9,11-14H,3-8H2,1-2H3,(H,20,23)(H,25,26)(H4,18,19,21)/t11?,12-,13-,14?/m0/s1. The molecule has 1 aliphatic heterocycles. The van der Waals surface area contributed by atoms with Gasteiger partial charge in [-0.2, -0.15) is 0 Å². The molecule has 9 heteroatoms. The number of piperidine rings is 1. The van der Waals surface area contributed by atoms with Gasteiger partial charge in [-0.05, 0) is 31.6 Å². The van der Waals surface area contributed by atoms with Crippen molar-refractivity contribution < 1.29 is 19.5 Å². The molecule has 2 fully saturated rings. The molecule has 1 saturated carbocycles. The fourth-order valence-corrected chi connectivity index (χ4v) is 3.94. The Morgan fingerprint density at radius 2 is 1.81 bits per heavy atom. The average Bonchev–Trinajstić information content (AvgIpc) is 2.95. The van der Waals surface area contributed by atoms with Crippen LogP contribution < -0.4 is 16.8 Å². The normalized spacial score (nSPS) is 27.6. The Morgan fingerprint density at radius 3 is 2.31 bits per heavy atom. The molecule has 4 atom stereocenters. The molecule has 2 aliphatic rings. The van der Waals surface area contributed by atoms with Crippen molar-refractivity contribution in [3.8, 4) is 0 Å². The van der Waals surface area contributed by atoms with Gasteiger partial charge < -0.3 is 26.8 Å². The van der Waals surface area contributed by atoms with E-state index >= 15 is 0 Å². The molecule has 146 valence electrons. The lowest BCUT2D eigenvalue weighted by atomic mass is 9.91. The van der Waals surface area contributed by atoms with Crippen molar-refractivity contribution in [3.05, 3.63) is 0 Å². The maximum absolute atomic E-state index is 13.1. The van der Waals surface area contributed by atoms with Crippen molar-refractivity contribution in [2.45, 2.75) is 51.6 Å². The van der Waals surface area contributed by atoms with E-state index in [1.54, 1.807) is 4.90 Å². The minimum atomic E-state index is -0.941. The van der Waals surface area contributed by atoms with Crippen LogP contribution in [0.5, 0.6) is 0 Å². The summed E-state index contributed by atoms with van der Waals surface area (Å²) in [5.41, 5.74) is 11.0. The number of nitrogens with one attached hydrogen (secondary N) is 1. The number of carbonyl (C=O) groups excluding carboxylic acids is 2. The van der Waals surface area contributed by atoms with E-state index in [9.17, 15) is 19.5 Å². The zero-order valence-electron chi connectivity index (χ0n) is 15.4. The maximum atomic E-state index is 13.1. The monoisotopic (exact) mass is 367 g/mol. The fourth-order valence-electron chi connectivity index (χ4n) is 3.94. The maximum Gasteiger partial charge on any atom is 0.306 e. The summed E-state index contributed by atoms with van der Waals surface area (Å²) in [6, 6.07) is -1.33. The lowest BCUT2D eigenvalue weighted by Gasteiger charge is -2.35. The highest BCUT2D eigenvalue weighted by molar-refractivity contribution is 5.87. The second-order valence-electron chi connectivity index (χ2n) is 7.48. The van der Waals surface area contributed by atoms with Crippen LogP contribution in [0.15, 0.2) is 4.99 Å². The molecular formula is C17H29N5O4. The second-order valence-corrected chi connectivity index (χ2v) is 7.48. The molecule has 1 aliphatic carbocycles. The number of likely N-dealkylation sites (tertiary alicyclic amines) is 1. The number of guanidine groups is 1. The van der Waals surface area contributed by atoms with Crippen LogP contribution in [-0.4, -0.2) is 58.9 Å². The third kappa shape index (κ3) is 4.86. The van der Waals surface area contributed by atoms with E-state index in [4.69, 9.17) is 11.5 Å². The van der Waals surface area contributed by atoms with Crippen LogP contribution in [0.1, 0.15) is 39.5 Å². The molecule has 9 nitrogen and oxygen atoms in total. The summed E-state index contributed by atoms with van der Waals surface area (Å²) >= 11 is 0. The van der Waals surface area contributed by atoms with Gasteiger partial charge in [-0.3, -0.25) is 14.4 Å². The molecule has 0 bridgehead atoms. The second kappa shape index (κ2) is 8.37. The number of hydrogen-bond acceptors (Lipinski definition) is 4. The smallest absolute Gasteiger partial charge is 0.306 e. The van der Waals surface area contributed by atoms with Crippen molar-refractivity contribution >= 4 is 23.7 Å². The van der Waals surface area contributed by atoms with E-state index < -0.39 is 29.9 Å². The highest BCUT2D eigenvalue weighted by Gasteiger charge is 2.46. The Hall–Kier alpha value is -2.32. The van der Waals surface area contributed by atoms with Gasteiger partial charge >= 0.3 is 5.97 Å². The minimum absolute atomic E-state index is 0.146. The fraction of sp³-hybridized carbons (Fsp3) is 0.765. The van der Waals surface area contributed by atoms with Crippen molar-refractivity contribution in [1.29, 1.82) is 0 Å². The molecule has 0 spiro atoms. The molecule has 1 heterocycles. The molecule has 2 unspecified atom stereocenters. The minimum Gasteiger partial charge on any atom is -0.481 e. The number of nitrogens with two attached hydrogens (primary N) is 2. The number of carboxylic acid groups (broad SMARTS) is 1. The van der Waals surface area contributed by atoms with E-state index in [1.807, 2.05) is 0 Å². The van der Waals surface area contributed by atoms with Gasteiger partial charge in [-0.25, -0.2) is 4.99 Å². The lowest BCUT2D eigenvalue weighted by molar-refractivity contribution is -0.142. The van der Waals surface area contributed by atoms with E-state index in [-0.39, 0.29) is 30.6 Å². The van der Waals surface area contributed by atoms with Gasteiger partial charge in [-0.15, -0.1) is 0 Å². The number of amides is 2. The number of hydrogen-bond donors (Lipinski definition) is 4. The van der Waals surface area contributed by atoms with Gasteiger partial charge in [-0.1, -0.05) is 6.92 Å². The first kappa shape index (κ1) is 20.0. The van der Waals surface area contributed by atoms with Gasteiger partial charge in [0, 0.05) is 25.9 Å². The summed E-state index contributed by atoms with van der Waals surface area (Å²) < 4.78 is 0. The van der Waals surface area contributed by atoms with Crippen LogP contribution in [-0.2, 0) is 14.4 Å². The number of rotatable bonds is 5. The first-order chi connectivity index (χ1) is 12.2. The van der Waals surface area contributed by atoms with Gasteiger partial charge in [0.05, 0.1) is 12.0 Å². The molecule has 0 aromatic carbocycles. The first-order valence-corrected chi connectivity index (χ1v) is 9.06. The zero-order valence-corrected chi connectivity index (χ0v) is 15.4. The van der Waals surface area contributed by atoms with Gasteiger partial charge in [0.25, 0.3) is 0 Å². The molecule has 6 N–H and O–H groups in total. The quantitative estimate of drug-likeness (QED) is 0.380. The largest absolute Gasteiger partial charge is 0.481 e. The Bertz CT molecular complexity index is 582. The van der Waals surface area contributed by atoms with Crippen molar-refractivity contribution in [3.63, 3.8) is 0 Å². The lowest BCUT2D eigenvalue weighted by Crippen LogP contribution is -2.54. The highest BCUT2D eigenvalue weighted by atomic mass is 16.4. The predicted octanol–water partition coefficient (Wildman–Crippen LogP) is -0.498. The molecule has 26 heavy (non-hydrogen) atoms. The van der Waals surface area contributed by atoms with E-state index in [2.05, 4.69) is 17.2 Å². The molecule has 2 amide bonds. The number of aliphatic carboxylic acids is 1. The SMILES string of the molecule is CC(=O)NC(C(=O)N1CCC(C)CC1)[C@H]1CC(C(=O)O)C[C@@H]1N=C(N)N. The Kier molecular flexibility index (Phi) is 6.44. The summed E-state index contributed by atoms with van der Waals surface area (Å²) in [4.78, 5) is 42.1. The van der Waals surface area contributed by atoms with Crippen molar-refractivity contribution in [2.24, 2.45) is 34.2 Å². The highest BCUT2D eigenvalue weighted by Crippen LogP contribution is 2.37. The third-order valence-corrected chi connectivity index (χ3v) is 5.39. The van der Waals surface area contributed by atoms with Crippen LogP contribution in [0.2, 0.25) is 0 Å². The summed E-state index contributed by atoms with van der Waals surface area (Å²) in [6.45, 7) is 4.77. The number of nitrogens with zero attached hydrogens (tertiary/aromatic N) is 2. The third-order valence-electron chi connectivity index (χ3n) is 5.39. The van der Waals surface area contributed by atoms with Crippen LogP contribution in [0.25, 0.3) is 0 Å².